The summed E-state index contributed by atoms with van der Waals surface area (Å²) < 4.78 is 9.44. The minimum Gasteiger partial charge on any atom is -0.462 e. The van der Waals surface area contributed by atoms with Crippen molar-refractivity contribution in [2.75, 3.05) is 11.9 Å². The summed E-state index contributed by atoms with van der Waals surface area (Å²) in [6.07, 6.45) is 0. The zero-order chi connectivity index (χ0) is 17.2. The number of aryl methyl sites for hydroxylation is 1. The van der Waals surface area contributed by atoms with Gasteiger partial charge in [0.05, 0.1) is 18.3 Å². The number of aromatic nitrogens is 3. The molecule has 2 heterocycles. The molecule has 0 spiro atoms. The van der Waals surface area contributed by atoms with E-state index < -0.39 is 0 Å². The largest absolute Gasteiger partial charge is 0.462 e. The van der Waals surface area contributed by atoms with E-state index in [0.717, 1.165) is 16.0 Å². The maximum Gasteiger partial charge on any atom is 0.350 e. The fraction of sp³-hybridized carbons (Fsp3) is 0.600. The SMILES string of the molecule is CCOC(=O)c1sc(C(C)Nc2nc(C(C)(C)C)ns2)nc1C. The highest BCUT2D eigenvalue weighted by Gasteiger charge is 2.22. The summed E-state index contributed by atoms with van der Waals surface area (Å²) in [7, 11) is 0. The van der Waals surface area contributed by atoms with E-state index in [0.29, 0.717) is 17.2 Å². The molecule has 0 bridgehead atoms. The summed E-state index contributed by atoms with van der Waals surface area (Å²) in [4.78, 5) is 21.4. The van der Waals surface area contributed by atoms with Crippen LogP contribution in [0.3, 0.4) is 0 Å². The van der Waals surface area contributed by atoms with Crippen LogP contribution < -0.4 is 5.32 Å². The van der Waals surface area contributed by atoms with Gasteiger partial charge in [-0.05, 0) is 20.8 Å². The topological polar surface area (TPSA) is 77.0 Å². The van der Waals surface area contributed by atoms with Gasteiger partial charge in [0.2, 0.25) is 5.13 Å². The van der Waals surface area contributed by atoms with Crippen LogP contribution in [0.1, 0.15) is 66.9 Å². The lowest BCUT2D eigenvalue weighted by atomic mass is 9.96. The van der Waals surface area contributed by atoms with Crippen molar-refractivity contribution < 1.29 is 9.53 Å². The number of hydrogen-bond donors (Lipinski definition) is 1. The summed E-state index contributed by atoms with van der Waals surface area (Å²) in [6, 6.07) is -0.0531. The van der Waals surface area contributed by atoms with Crippen molar-refractivity contribution in [2.45, 2.75) is 53.0 Å². The van der Waals surface area contributed by atoms with Gasteiger partial charge < -0.3 is 10.1 Å². The molecule has 0 saturated heterocycles. The lowest BCUT2D eigenvalue weighted by Gasteiger charge is -2.12. The molecule has 1 unspecified atom stereocenters. The molecule has 1 N–H and O–H groups in total. The Morgan fingerprint density at radius 2 is 2.04 bits per heavy atom. The number of carbonyl (C=O) groups excluding carboxylic acids is 1. The Bertz CT molecular complexity index is 688. The number of anilines is 1. The summed E-state index contributed by atoms with van der Waals surface area (Å²) in [5.74, 6) is 0.506. The maximum atomic E-state index is 11.9. The van der Waals surface area contributed by atoms with Crippen molar-refractivity contribution in [1.29, 1.82) is 0 Å². The van der Waals surface area contributed by atoms with Gasteiger partial charge in [-0.25, -0.2) is 14.8 Å². The van der Waals surface area contributed by atoms with Gasteiger partial charge in [0, 0.05) is 16.9 Å². The lowest BCUT2D eigenvalue weighted by Crippen LogP contribution is -2.13. The molecule has 0 radical (unpaired) electrons. The number of carbonyl (C=O) groups is 1. The van der Waals surface area contributed by atoms with Crippen molar-refractivity contribution in [3.05, 3.63) is 21.4 Å². The van der Waals surface area contributed by atoms with Crippen LogP contribution >= 0.6 is 22.9 Å². The highest BCUT2D eigenvalue weighted by atomic mass is 32.1. The quantitative estimate of drug-likeness (QED) is 0.819. The van der Waals surface area contributed by atoms with Gasteiger partial charge in [-0.2, -0.15) is 4.37 Å². The molecule has 0 aliphatic heterocycles. The van der Waals surface area contributed by atoms with Gasteiger partial charge in [0.15, 0.2) is 0 Å². The molecule has 0 aliphatic rings. The molecule has 23 heavy (non-hydrogen) atoms. The standard InChI is InChI=1S/C15H22N4O2S2/c1-7-21-12(20)10-8(2)16-11(22-10)9(3)17-14-18-13(19-23-14)15(4,5)6/h9H,7H2,1-6H3,(H,17,18,19). The normalized spacial score (nSPS) is 13.0. The smallest absolute Gasteiger partial charge is 0.350 e. The number of hydrogen-bond acceptors (Lipinski definition) is 8. The van der Waals surface area contributed by atoms with Crippen molar-refractivity contribution in [3.63, 3.8) is 0 Å². The molecule has 2 aromatic rings. The Labute approximate surface area is 144 Å². The molecule has 0 aromatic carbocycles. The van der Waals surface area contributed by atoms with Crippen LogP contribution in [-0.2, 0) is 10.2 Å². The predicted octanol–water partition coefficient (Wildman–Crippen LogP) is 3.95. The molecule has 2 aromatic heterocycles. The van der Waals surface area contributed by atoms with Crippen LogP contribution in [0.2, 0.25) is 0 Å². The number of nitrogens with one attached hydrogen (secondary N) is 1. The number of rotatable bonds is 5. The van der Waals surface area contributed by atoms with Gasteiger partial charge >= 0.3 is 5.97 Å². The first kappa shape index (κ1) is 17.8. The van der Waals surface area contributed by atoms with Crippen LogP contribution in [-0.4, -0.2) is 26.9 Å². The Kier molecular flexibility index (Phi) is 5.36. The second kappa shape index (κ2) is 6.92. The van der Waals surface area contributed by atoms with Gasteiger partial charge in [-0.1, -0.05) is 20.8 Å². The lowest BCUT2D eigenvalue weighted by molar-refractivity contribution is 0.0531. The summed E-state index contributed by atoms with van der Waals surface area (Å²) in [6.45, 7) is 12.2. The van der Waals surface area contributed by atoms with Crippen LogP contribution in [0.15, 0.2) is 0 Å². The Morgan fingerprint density at radius 1 is 1.35 bits per heavy atom. The van der Waals surface area contributed by atoms with Crippen LogP contribution in [0, 0.1) is 6.92 Å². The van der Waals surface area contributed by atoms with Crippen LogP contribution in [0.4, 0.5) is 5.13 Å². The molecule has 0 aliphatic carbocycles. The monoisotopic (exact) mass is 354 g/mol. The van der Waals surface area contributed by atoms with E-state index in [1.807, 2.05) is 13.8 Å². The maximum absolute atomic E-state index is 11.9. The zero-order valence-electron chi connectivity index (χ0n) is 14.3. The summed E-state index contributed by atoms with van der Waals surface area (Å²) in [5.41, 5.74) is 0.624. The molecule has 0 amide bonds. The number of ether oxygens (including phenoxy) is 1. The van der Waals surface area contributed by atoms with Crippen molar-refractivity contribution in [1.82, 2.24) is 14.3 Å². The predicted molar refractivity (Wildman–Crippen MR) is 93.5 cm³/mol. The van der Waals surface area contributed by atoms with E-state index in [1.165, 1.54) is 22.9 Å². The number of thiazole rings is 1. The first-order chi connectivity index (χ1) is 10.7. The third-order valence-corrected chi connectivity index (χ3v) is 5.05. The van der Waals surface area contributed by atoms with Gasteiger partial charge in [0.25, 0.3) is 0 Å². The molecule has 1 atom stereocenters. The minimum atomic E-state index is -0.313. The van der Waals surface area contributed by atoms with Gasteiger partial charge in [0.1, 0.15) is 15.7 Å². The number of esters is 1. The first-order valence-corrected chi connectivity index (χ1v) is 9.06. The summed E-state index contributed by atoms with van der Waals surface area (Å²) >= 11 is 2.69. The zero-order valence-corrected chi connectivity index (χ0v) is 15.9. The Hall–Kier alpha value is -1.54. The molecular formula is C15H22N4O2S2. The van der Waals surface area contributed by atoms with E-state index in [9.17, 15) is 4.79 Å². The molecule has 8 heteroatoms. The molecule has 0 saturated carbocycles. The molecule has 0 fully saturated rings. The highest BCUT2D eigenvalue weighted by Crippen LogP contribution is 2.29. The van der Waals surface area contributed by atoms with E-state index in [4.69, 9.17) is 4.74 Å². The molecule has 126 valence electrons. The second-order valence-electron chi connectivity index (χ2n) is 6.23. The Balaban J connectivity index is 2.12. The first-order valence-electron chi connectivity index (χ1n) is 7.47. The molecule has 2 rings (SSSR count). The minimum absolute atomic E-state index is 0.0531. The second-order valence-corrected chi connectivity index (χ2v) is 8.01. The number of nitrogens with zero attached hydrogens (tertiary/aromatic N) is 3. The van der Waals surface area contributed by atoms with Crippen molar-refractivity contribution >= 4 is 34.0 Å². The third kappa shape index (κ3) is 4.26. The van der Waals surface area contributed by atoms with Crippen LogP contribution in [0.25, 0.3) is 0 Å². The molecule has 6 nitrogen and oxygen atoms in total. The highest BCUT2D eigenvalue weighted by molar-refractivity contribution is 7.14. The van der Waals surface area contributed by atoms with E-state index in [-0.39, 0.29) is 17.4 Å². The third-order valence-electron chi connectivity index (χ3n) is 3.08. The van der Waals surface area contributed by atoms with E-state index in [1.54, 1.807) is 6.92 Å². The fourth-order valence-corrected chi connectivity index (χ4v) is 3.63. The van der Waals surface area contributed by atoms with Crippen LogP contribution in [0.5, 0.6) is 0 Å². The summed E-state index contributed by atoms with van der Waals surface area (Å²) in [5, 5.41) is 4.89. The van der Waals surface area contributed by atoms with E-state index >= 15 is 0 Å². The van der Waals surface area contributed by atoms with Crippen molar-refractivity contribution in [3.8, 4) is 0 Å². The van der Waals surface area contributed by atoms with Gasteiger partial charge in [-0.15, -0.1) is 11.3 Å². The van der Waals surface area contributed by atoms with Gasteiger partial charge in [-0.3, -0.25) is 0 Å². The average molecular weight is 355 g/mol. The van der Waals surface area contributed by atoms with E-state index in [2.05, 4.69) is 40.4 Å². The van der Waals surface area contributed by atoms with Crippen molar-refractivity contribution in [2.24, 2.45) is 0 Å². The Morgan fingerprint density at radius 3 is 2.61 bits per heavy atom. The molecular weight excluding hydrogens is 332 g/mol. The fourth-order valence-electron chi connectivity index (χ4n) is 1.82. The average Bonchev–Trinajstić information content (AvgIpc) is 3.05.